The van der Waals surface area contributed by atoms with Gasteiger partial charge >= 0.3 is 7.12 Å². The van der Waals surface area contributed by atoms with Gasteiger partial charge in [-0.15, -0.1) is 0 Å². The first kappa shape index (κ1) is 17.8. The smallest absolute Gasteiger partial charge is 0.494 e. The van der Waals surface area contributed by atoms with Crippen LogP contribution in [0.15, 0.2) is 18.2 Å². The molecule has 0 bridgehead atoms. The van der Waals surface area contributed by atoms with E-state index in [0.29, 0.717) is 23.7 Å². The second-order valence-electron chi connectivity index (χ2n) is 7.27. The van der Waals surface area contributed by atoms with Crippen LogP contribution in [-0.4, -0.2) is 29.9 Å². The lowest BCUT2D eigenvalue weighted by molar-refractivity contribution is -0.384. The largest absolute Gasteiger partial charge is 0.498 e. The van der Waals surface area contributed by atoms with Gasteiger partial charge in [0.2, 0.25) is 0 Å². The summed E-state index contributed by atoms with van der Waals surface area (Å²) in [5.74, 6) is 0.902. The van der Waals surface area contributed by atoms with Crippen molar-refractivity contribution < 1.29 is 19.0 Å². The number of nitro benzene ring substituents is 1. The van der Waals surface area contributed by atoms with Crippen molar-refractivity contribution in [1.82, 2.24) is 0 Å². The third kappa shape index (κ3) is 3.67. The Bertz CT molecular complexity index is 584. The van der Waals surface area contributed by atoms with Crippen molar-refractivity contribution in [2.45, 2.75) is 52.7 Å². The molecule has 0 saturated carbocycles. The van der Waals surface area contributed by atoms with Gasteiger partial charge in [-0.2, -0.15) is 0 Å². The summed E-state index contributed by atoms with van der Waals surface area (Å²) in [5, 5.41) is 11.1. The number of ether oxygens (including phenoxy) is 1. The standard InChI is InChI=1S/C16H24BNO5/c1-11(2)10-21-14-8-7-12(18(19)20)9-13(14)17-22-15(3,4)16(5,6)23-17/h7-9,11H,10H2,1-6H3. The van der Waals surface area contributed by atoms with E-state index >= 15 is 0 Å². The molecule has 1 saturated heterocycles. The van der Waals surface area contributed by atoms with Crippen LogP contribution < -0.4 is 10.2 Å². The van der Waals surface area contributed by atoms with Crippen LogP contribution in [0.4, 0.5) is 5.69 Å². The summed E-state index contributed by atoms with van der Waals surface area (Å²) in [5.41, 5.74) is -0.486. The molecular formula is C16H24BNO5. The van der Waals surface area contributed by atoms with E-state index in [1.165, 1.54) is 12.1 Å². The van der Waals surface area contributed by atoms with E-state index in [2.05, 4.69) is 0 Å². The van der Waals surface area contributed by atoms with E-state index in [9.17, 15) is 10.1 Å². The van der Waals surface area contributed by atoms with Gasteiger partial charge in [-0.05, 0) is 39.7 Å². The highest BCUT2D eigenvalue weighted by molar-refractivity contribution is 6.63. The van der Waals surface area contributed by atoms with E-state index in [1.54, 1.807) is 6.07 Å². The highest BCUT2D eigenvalue weighted by Crippen LogP contribution is 2.37. The number of non-ortho nitro benzene ring substituents is 1. The molecule has 1 aliphatic heterocycles. The monoisotopic (exact) mass is 321 g/mol. The van der Waals surface area contributed by atoms with E-state index < -0.39 is 23.2 Å². The zero-order chi connectivity index (χ0) is 17.4. The first-order valence-electron chi connectivity index (χ1n) is 7.80. The Labute approximate surface area is 137 Å². The van der Waals surface area contributed by atoms with Crippen molar-refractivity contribution >= 4 is 18.3 Å². The summed E-state index contributed by atoms with van der Waals surface area (Å²) in [7, 11) is -0.693. The molecule has 23 heavy (non-hydrogen) atoms. The lowest BCUT2D eigenvalue weighted by Gasteiger charge is -2.32. The molecule has 1 heterocycles. The van der Waals surface area contributed by atoms with E-state index in [4.69, 9.17) is 14.0 Å². The Hall–Kier alpha value is -1.60. The minimum absolute atomic E-state index is 0.00777. The van der Waals surface area contributed by atoms with E-state index in [-0.39, 0.29) is 5.69 Å². The molecule has 1 aromatic rings. The maximum absolute atomic E-state index is 11.1. The lowest BCUT2D eigenvalue weighted by atomic mass is 9.78. The van der Waals surface area contributed by atoms with E-state index in [0.717, 1.165) is 0 Å². The Morgan fingerprint density at radius 1 is 1.22 bits per heavy atom. The maximum Gasteiger partial charge on any atom is 0.498 e. The SMILES string of the molecule is CC(C)COc1ccc([N+](=O)[O-])cc1B1OC(C)(C)C(C)(C)O1. The summed E-state index contributed by atoms with van der Waals surface area (Å²) in [6.07, 6.45) is 0. The van der Waals surface area contributed by atoms with Gasteiger partial charge < -0.3 is 14.0 Å². The average molecular weight is 321 g/mol. The maximum atomic E-state index is 11.1. The van der Waals surface area contributed by atoms with Crippen LogP contribution in [0.5, 0.6) is 5.75 Å². The van der Waals surface area contributed by atoms with Gasteiger partial charge in [0.15, 0.2) is 0 Å². The number of rotatable bonds is 5. The van der Waals surface area contributed by atoms with Crippen molar-refractivity contribution in [3.63, 3.8) is 0 Å². The summed E-state index contributed by atoms with van der Waals surface area (Å²) in [6.45, 7) is 12.4. The van der Waals surface area contributed by atoms with Crippen LogP contribution >= 0.6 is 0 Å². The molecule has 1 aliphatic rings. The molecule has 1 fully saturated rings. The molecule has 0 amide bonds. The van der Waals surface area contributed by atoms with Crippen LogP contribution in [0.2, 0.25) is 0 Å². The lowest BCUT2D eigenvalue weighted by Crippen LogP contribution is -2.41. The number of hydrogen-bond donors (Lipinski definition) is 0. The van der Waals surface area contributed by atoms with Gasteiger partial charge in [-0.25, -0.2) is 0 Å². The highest BCUT2D eigenvalue weighted by atomic mass is 16.7. The third-order valence-electron chi connectivity index (χ3n) is 4.28. The first-order valence-corrected chi connectivity index (χ1v) is 7.80. The molecular weight excluding hydrogens is 297 g/mol. The summed E-state index contributed by atoms with van der Waals surface area (Å²) >= 11 is 0. The minimum atomic E-state index is -0.693. The van der Waals surface area contributed by atoms with Crippen molar-refractivity contribution in [3.05, 3.63) is 28.3 Å². The summed E-state index contributed by atoms with van der Waals surface area (Å²) < 4.78 is 17.8. The zero-order valence-electron chi connectivity index (χ0n) is 14.6. The fraction of sp³-hybridized carbons (Fsp3) is 0.625. The van der Waals surface area contributed by atoms with Gasteiger partial charge in [0.1, 0.15) is 5.75 Å². The Kier molecular flexibility index (Phi) is 4.73. The Balaban J connectivity index is 2.38. The first-order chi connectivity index (χ1) is 10.5. The van der Waals surface area contributed by atoms with Gasteiger partial charge in [-0.1, -0.05) is 13.8 Å². The quantitative estimate of drug-likeness (QED) is 0.474. The minimum Gasteiger partial charge on any atom is -0.494 e. The Morgan fingerprint density at radius 3 is 2.26 bits per heavy atom. The van der Waals surface area contributed by atoms with Gasteiger partial charge in [0.25, 0.3) is 5.69 Å². The molecule has 0 atom stereocenters. The molecule has 0 unspecified atom stereocenters. The molecule has 0 aliphatic carbocycles. The van der Waals surface area contributed by atoms with Crippen molar-refractivity contribution in [3.8, 4) is 5.75 Å². The summed E-state index contributed by atoms with van der Waals surface area (Å²) in [6, 6.07) is 4.52. The van der Waals surface area contributed by atoms with Crippen LogP contribution in [-0.2, 0) is 9.31 Å². The van der Waals surface area contributed by atoms with Gasteiger partial charge in [0, 0.05) is 17.6 Å². The molecule has 6 nitrogen and oxygen atoms in total. The van der Waals surface area contributed by atoms with Crippen LogP contribution in [0.25, 0.3) is 0 Å². The Morgan fingerprint density at radius 2 is 1.78 bits per heavy atom. The fourth-order valence-electron chi connectivity index (χ4n) is 2.19. The molecule has 1 aromatic carbocycles. The van der Waals surface area contributed by atoms with Crippen molar-refractivity contribution in [2.24, 2.45) is 5.92 Å². The number of benzene rings is 1. The second kappa shape index (κ2) is 6.13. The van der Waals surface area contributed by atoms with Crippen LogP contribution in [0.1, 0.15) is 41.5 Å². The average Bonchev–Trinajstić information content (AvgIpc) is 2.64. The normalized spacial score (nSPS) is 19.2. The van der Waals surface area contributed by atoms with Gasteiger partial charge in [-0.3, -0.25) is 10.1 Å². The summed E-state index contributed by atoms with van der Waals surface area (Å²) in [4.78, 5) is 10.7. The number of hydrogen-bond acceptors (Lipinski definition) is 5. The fourth-order valence-corrected chi connectivity index (χ4v) is 2.19. The zero-order valence-corrected chi connectivity index (χ0v) is 14.6. The molecule has 0 aromatic heterocycles. The molecule has 126 valence electrons. The molecule has 0 radical (unpaired) electrons. The molecule has 7 heteroatoms. The topological polar surface area (TPSA) is 70.8 Å². The van der Waals surface area contributed by atoms with Crippen LogP contribution in [0.3, 0.4) is 0 Å². The molecule has 2 rings (SSSR count). The third-order valence-corrected chi connectivity index (χ3v) is 4.28. The molecule has 0 spiro atoms. The molecule has 0 N–H and O–H groups in total. The van der Waals surface area contributed by atoms with E-state index in [1.807, 2.05) is 41.5 Å². The number of nitro groups is 1. The number of nitrogens with zero attached hydrogens (tertiary/aromatic N) is 1. The van der Waals surface area contributed by atoms with Crippen molar-refractivity contribution in [2.75, 3.05) is 6.61 Å². The van der Waals surface area contributed by atoms with Crippen molar-refractivity contribution in [1.29, 1.82) is 0 Å². The second-order valence-corrected chi connectivity index (χ2v) is 7.27. The highest BCUT2D eigenvalue weighted by Gasteiger charge is 2.52. The predicted molar refractivity (Wildman–Crippen MR) is 89.1 cm³/mol. The van der Waals surface area contributed by atoms with Gasteiger partial charge in [0.05, 0.1) is 22.7 Å². The van der Waals surface area contributed by atoms with Crippen LogP contribution in [0, 0.1) is 16.0 Å². The predicted octanol–water partition coefficient (Wildman–Crippen LogP) is 2.93.